The molecule has 2 aliphatic rings. The Kier molecular flexibility index (Phi) is 6.11. The van der Waals surface area contributed by atoms with Crippen LogP contribution in [0.15, 0.2) is 11.6 Å². The van der Waals surface area contributed by atoms with E-state index in [0.717, 1.165) is 0 Å². The highest BCUT2D eigenvalue weighted by Crippen LogP contribution is 2.25. The summed E-state index contributed by atoms with van der Waals surface area (Å²) in [5.74, 6) is 0. The highest BCUT2D eigenvalue weighted by atomic mass is 16.7. The zero-order valence-corrected chi connectivity index (χ0v) is 13.0. The largest absolute Gasteiger partial charge is 0.392 e. The molecular formula is C14H25NO8. The van der Waals surface area contributed by atoms with Gasteiger partial charge in [0.1, 0.15) is 30.5 Å². The molecule has 0 saturated carbocycles. The van der Waals surface area contributed by atoms with Crippen LogP contribution in [-0.4, -0.2) is 99.4 Å². The van der Waals surface area contributed by atoms with Gasteiger partial charge in [-0.3, -0.25) is 0 Å². The van der Waals surface area contributed by atoms with Gasteiger partial charge in [-0.1, -0.05) is 6.08 Å². The second kappa shape index (κ2) is 7.51. The minimum atomic E-state index is -1.48. The van der Waals surface area contributed by atoms with Crippen LogP contribution in [-0.2, 0) is 9.47 Å². The van der Waals surface area contributed by atoms with Crippen LogP contribution in [0.25, 0.3) is 0 Å². The van der Waals surface area contributed by atoms with E-state index in [1.807, 2.05) is 0 Å². The lowest BCUT2D eigenvalue weighted by molar-refractivity contribution is -0.265. The van der Waals surface area contributed by atoms with Gasteiger partial charge in [-0.25, -0.2) is 0 Å². The molecule has 1 aliphatic carbocycles. The van der Waals surface area contributed by atoms with E-state index in [2.05, 4.69) is 5.32 Å². The van der Waals surface area contributed by atoms with Gasteiger partial charge in [0, 0.05) is 7.11 Å². The monoisotopic (exact) mass is 335 g/mol. The van der Waals surface area contributed by atoms with Gasteiger partial charge in [0.05, 0.1) is 24.8 Å². The summed E-state index contributed by atoms with van der Waals surface area (Å²) < 4.78 is 10.4. The molecule has 4 unspecified atom stereocenters. The summed E-state index contributed by atoms with van der Waals surface area (Å²) in [5.41, 5.74) is 0.162. The third-order valence-electron chi connectivity index (χ3n) is 4.47. The van der Waals surface area contributed by atoms with E-state index in [1.54, 1.807) is 6.92 Å². The molecule has 134 valence electrons. The van der Waals surface area contributed by atoms with E-state index >= 15 is 0 Å². The molecule has 2 rings (SSSR count). The highest BCUT2D eigenvalue weighted by Gasteiger charge is 2.45. The minimum absolute atomic E-state index is 0.162. The fourth-order valence-corrected chi connectivity index (χ4v) is 3.02. The SMILES string of the molecule is COC1O[C@H](C)C(NC2C=C(CO)[C@@H](O)C(O)[C@@H]2O)[C@H](O)[C@@H]1O. The lowest BCUT2D eigenvalue weighted by atomic mass is 9.86. The van der Waals surface area contributed by atoms with Crippen molar-refractivity contribution in [2.24, 2.45) is 0 Å². The Morgan fingerprint density at radius 3 is 2.30 bits per heavy atom. The first-order valence-corrected chi connectivity index (χ1v) is 7.47. The first kappa shape index (κ1) is 18.7. The third kappa shape index (κ3) is 3.58. The number of hydrogen-bond donors (Lipinski definition) is 7. The van der Waals surface area contributed by atoms with Crippen molar-refractivity contribution < 1.29 is 40.1 Å². The molecule has 0 amide bonds. The average molecular weight is 335 g/mol. The van der Waals surface area contributed by atoms with E-state index < -0.39 is 61.6 Å². The molecule has 0 aromatic rings. The third-order valence-corrected chi connectivity index (χ3v) is 4.47. The first-order valence-electron chi connectivity index (χ1n) is 7.47. The minimum Gasteiger partial charge on any atom is -0.392 e. The fourth-order valence-electron chi connectivity index (χ4n) is 3.02. The van der Waals surface area contributed by atoms with Crippen LogP contribution < -0.4 is 5.32 Å². The van der Waals surface area contributed by atoms with Gasteiger partial charge in [0.15, 0.2) is 6.29 Å². The summed E-state index contributed by atoms with van der Waals surface area (Å²) in [6.45, 7) is 1.19. The molecule has 9 atom stereocenters. The van der Waals surface area contributed by atoms with Crippen LogP contribution in [0.3, 0.4) is 0 Å². The van der Waals surface area contributed by atoms with Crippen molar-refractivity contribution in [2.75, 3.05) is 13.7 Å². The van der Waals surface area contributed by atoms with Gasteiger partial charge >= 0.3 is 0 Å². The first-order chi connectivity index (χ1) is 10.8. The number of aliphatic hydroxyl groups is 6. The molecule has 1 saturated heterocycles. The van der Waals surface area contributed by atoms with Crippen molar-refractivity contribution in [1.29, 1.82) is 0 Å². The van der Waals surface area contributed by atoms with Gasteiger partial charge in [-0.05, 0) is 12.5 Å². The molecule has 9 nitrogen and oxygen atoms in total. The topological polar surface area (TPSA) is 152 Å². The molecule has 0 aromatic carbocycles. The van der Waals surface area contributed by atoms with Gasteiger partial charge in [-0.15, -0.1) is 0 Å². The maximum Gasteiger partial charge on any atom is 0.186 e. The maximum atomic E-state index is 10.2. The Labute approximate surface area is 133 Å². The Bertz CT molecular complexity index is 433. The normalized spacial score (nSPS) is 48.2. The molecule has 23 heavy (non-hydrogen) atoms. The predicted octanol–water partition coefficient (Wildman–Crippen LogP) is -3.56. The standard InChI is InChI=1S/C14H25NO8/c1-5-8(11(19)13(21)14(22-2)23-5)15-7-3-6(4-16)9(17)12(20)10(7)18/h3,5,7-21H,4H2,1-2H3/t5-,7?,8?,9-,10-,11+,12?,13+,14?/m1/s1. The molecular weight excluding hydrogens is 310 g/mol. The molecule has 7 N–H and O–H groups in total. The highest BCUT2D eigenvalue weighted by molar-refractivity contribution is 5.22. The zero-order valence-electron chi connectivity index (χ0n) is 13.0. The summed E-state index contributed by atoms with van der Waals surface area (Å²) in [5, 5.41) is 62.0. The maximum absolute atomic E-state index is 10.2. The quantitative estimate of drug-likeness (QED) is 0.259. The van der Waals surface area contributed by atoms with E-state index in [1.165, 1.54) is 13.2 Å². The number of rotatable bonds is 4. The van der Waals surface area contributed by atoms with Crippen molar-refractivity contribution in [3.8, 4) is 0 Å². The molecule has 1 aliphatic heterocycles. The van der Waals surface area contributed by atoms with Crippen molar-refractivity contribution in [2.45, 2.75) is 61.9 Å². The number of ether oxygens (including phenoxy) is 2. The Morgan fingerprint density at radius 2 is 1.74 bits per heavy atom. The van der Waals surface area contributed by atoms with Crippen molar-refractivity contribution in [1.82, 2.24) is 5.32 Å². The van der Waals surface area contributed by atoms with Crippen LogP contribution in [0, 0.1) is 0 Å². The van der Waals surface area contributed by atoms with Crippen LogP contribution in [0.1, 0.15) is 6.92 Å². The van der Waals surface area contributed by atoms with Gasteiger partial charge in [0.25, 0.3) is 0 Å². The van der Waals surface area contributed by atoms with E-state index in [4.69, 9.17) is 9.47 Å². The lowest BCUT2D eigenvalue weighted by Crippen LogP contribution is -2.66. The number of aliphatic hydroxyl groups excluding tert-OH is 6. The van der Waals surface area contributed by atoms with Crippen LogP contribution in [0.2, 0.25) is 0 Å². The van der Waals surface area contributed by atoms with E-state index in [-0.39, 0.29) is 5.57 Å². The molecule has 9 heteroatoms. The van der Waals surface area contributed by atoms with E-state index in [9.17, 15) is 30.6 Å². The Hall–Kier alpha value is -0.620. The summed E-state index contributed by atoms with van der Waals surface area (Å²) >= 11 is 0. The van der Waals surface area contributed by atoms with Crippen molar-refractivity contribution >= 4 is 0 Å². The Morgan fingerprint density at radius 1 is 1.09 bits per heavy atom. The Balaban J connectivity index is 2.15. The number of nitrogens with one attached hydrogen (secondary N) is 1. The van der Waals surface area contributed by atoms with Gasteiger partial charge in [0.2, 0.25) is 0 Å². The summed E-state index contributed by atoms with van der Waals surface area (Å²) in [7, 11) is 1.35. The zero-order chi connectivity index (χ0) is 17.3. The summed E-state index contributed by atoms with van der Waals surface area (Å²) in [4.78, 5) is 0. The second-order valence-electron chi connectivity index (χ2n) is 5.97. The van der Waals surface area contributed by atoms with Gasteiger partial charge < -0.3 is 45.4 Å². The average Bonchev–Trinajstić information content (AvgIpc) is 2.54. The molecule has 0 radical (unpaired) electrons. The predicted molar refractivity (Wildman–Crippen MR) is 77.3 cm³/mol. The summed E-state index contributed by atoms with van der Waals surface area (Å²) in [6, 6.07) is -1.60. The molecule has 1 heterocycles. The lowest BCUT2D eigenvalue weighted by Gasteiger charge is -2.44. The van der Waals surface area contributed by atoms with Gasteiger partial charge in [-0.2, -0.15) is 0 Å². The van der Waals surface area contributed by atoms with Crippen LogP contribution in [0.4, 0.5) is 0 Å². The number of hydrogen-bond acceptors (Lipinski definition) is 9. The summed E-state index contributed by atoms with van der Waals surface area (Å²) in [6.07, 6.45) is -6.83. The molecule has 0 spiro atoms. The molecule has 1 fully saturated rings. The second-order valence-corrected chi connectivity index (χ2v) is 5.97. The van der Waals surface area contributed by atoms with Crippen LogP contribution >= 0.6 is 0 Å². The van der Waals surface area contributed by atoms with Crippen LogP contribution in [0.5, 0.6) is 0 Å². The molecule has 0 aromatic heterocycles. The number of methoxy groups -OCH3 is 1. The van der Waals surface area contributed by atoms with Crippen molar-refractivity contribution in [3.63, 3.8) is 0 Å². The smallest absolute Gasteiger partial charge is 0.186 e. The van der Waals surface area contributed by atoms with Crippen molar-refractivity contribution in [3.05, 3.63) is 11.6 Å². The fraction of sp³-hybridized carbons (Fsp3) is 0.857. The molecule has 0 bridgehead atoms. The van der Waals surface area contributed by atoms with E-state index in [0.29, 0.717) is 0 Å².